The van der Waals surface area contributed by atoms with E-state index in [1.807, 2.05) is 6.07 Å². The molecule has 3 N–H and O–H groups in total. The summed E-state index contributed by atoms with van der Waals surface area (Å²) in [7, 11) is 0. The molecule has 0 aliphatic heterocycles. The van der Waals surface area contributed by atoms with Crippen molar-refractivity contribution in [2.24, 2.45) is 0 Å². The van der Waals surface area contributed by atoms with Crippen LogP contribution in [-0.2, 0) is 19.1 Å². The number of nitrogens with zero attached hydrogens (tertiary/aromatic N) is 2. The Morgan fingerprint density at radius 2 is 1.93 bits per heavy atom. The van der Waals surface area contributed by atoms with Crippen molar-refractivity contribution in [3.63, 3.8) is 0 Å². The Labute approximate surface area is 159 Å². The average Bonchev–Trinajstić information content (AvgIpc) is 2.65. The molecule has 2 aromatic rings. The number of esters is 2. The number of nitrogen functional groups attached to an aromatic ring is 1. The number of carbonyl (C=O) groups excluding carboxylic acids is 3. The summed E-state index contributed by atoms with van der Waals surface area (Å²) in [5, 5.41) is 2.80. The van der Waals surface area contributed by atoms with Gasteiger partial charge in [-0.05, 0) is 19.1 Å². The number of nitrogens with two attached hydrogens (primary N) is 1. The van der Waals surface area contributed by atoms with Gasteiger partial charge in [-0.3, -0.25) is 9.59 Å². The van der Waals surface area contributed by atoms with E-state index in [1.165, 1.54) is 6.20 Å². The van der Waals surface area contributed by atoms with Gasteiger partial charge in [-0.25, -0.2) is 14.8 Å². The topological polar surface area (TPSA) is 134 Å². The molecular formula is C17H18N4O5S. The molecule has 1 aromatic carbocycles. The highest BCUT2D eigenvalue weighted by atomic mass is 32.2. The second-order valence-corrected chi connectivity index (χ2v) is 5.98. The van der Waals surface area contributed by atoms with Crippen LogP contribution < -0.4 is 11.1 Å². The highest BCUT2D eigenvalue weighted by Crippen LogP contribution is 2.17. The molecule has 0 spiro atoms. The second-order valence-electron chi connectivity index (χ2n) is 5.04. The molecule has 0 atom stereocenters. The number of benzene rings is 1. The van der Waals surface area contributed by atoms with Crippen molar-refractivity contribution < 1.29 is 23.9 Å². The van der Waals surface area contributed by atoms with Crippen molar-refractivity contribution in [2.75, 3.05) is 30.0 Å². The van der Waals surface area contributed by atoms with Gasteiger partial charge in [0.15, 0.2) is 11.8 Å². The lowest BCUT2D eigenvalue weighted by molar-refractivity contribution is -0.144. The van der Waals surface area contributed by atoms with Gasteiger partial charge in [-0.1, -0.05) is 30.0 Å². The van der Waals surface area contributed by atoms with E-state index in [9.17, 15) is 14.4 Å². The maximum absolute atomic E-state index is 11.7. The van der Waals surface area contributed by atoms with Crippen LogP contribution in [0, 0.1) is 0 Å². The average molecular weight is 390 g/mol. The van der Waals surface area contributed by atoms with Gasteiger partial charge in [0.1, 0.15) is 11.4 Å². The van der Waals surface area contributed by atoms with Crippen molar-refractivity contribution >= 4 is 41.1 Å². The van der Waals surface area contributed by atoms with Crippen LogP contribution in [0.4, 0.5) is 11.5 Å². The monoisotopic (exact) mass is 390 g/mol. The molecule has 0 saturated heterocycles. The minimum absolute atomic E-state index is 0.0402. The van der Waals surface area contributed by atoms with Crippen molar-refractivity contribution in [3.8, 4) is 0 Å². The number of amides is 1. The molecule has 1 amide bonds. The number of anilines is 2. The van der Waals surface area contributed by atoms with Crippen molar-refractivity contribution in [1.82, 2.24) is 9.97 Å². The zero-order chi connectivity index (χ0) is 19.6. The summed E-state index contributed by atoms with van der Waals surface area (Å²) in [5.74, 6) is -1.83. The molecule has 27 heavy (non-hydrogen) atoms. The predicted octanol–water partition coefficient (Wildman–Crippen LogP) is 1.51. The third-order valence-corrected chi connectivity index (χ3v) is 3.87. The van der Waals surface area contributed by atoms with E-state index in [0.717, 1.165) is 11.8 Å². The standard InChI is InChI=1S/C17H18N4O5S/c1-2-25-16(24)12-8-19-17(21-15(12)18)27-10-14(23)26-9-13(22)20-11-6-4-3-5-7-11/h3-8H,2,9-10H2,1H3,(H,20,22)(H2,18,19,21). The lowest BCUT2D eigenvalue weighted by Crippen LogP contribution is -2.21. The number of rotatable bonds is 8. The third kappa shape index (κ3) is 6.59. The van der Waals surface area contributed by atoms with Gasteiger partial charge in [-0.15, -0.1) is 0 Å². The van der Waals surface area contributed by atoms with E-state index in [0.29, 0.717) is 5.69 Å². The van der Waals surface area contributed by atoms with E-state index >= 15 is 0 Å². The molecule has 0 unspecified atom stereocenters. The van der Waals surface area contributed by atoms with Gasteiger partial charge in [0.2, 0.25) is 0 Å². The van der Waals surface area contributed by atoms with Gasteiger partial charge in [-0.2, -0.15) is 0 Å². The van der Waals surface area contributed by atoms with E-state index < -0.39 is 24.5 Å². The molecule has 0 bridgehead atoms. The minimum Gasteiger partial charge on any atom is -0.462 e. The summed E-state index contributed by atoms with van der Waals surface area (Å²) >= 11 is 0.972. The van der Waals surface area contributed by atoms with Gasteiger partial charge in [0, 0.05) is 11.9 Å². The number of hydrogen-bond donors (Lipinski definition) is 2. The van der Waals surface area contributed by atoms with Gasteiger partial charge < -0.3 is 20.5 Å². The van der Waals surface area contributed by atoms with Crippen LogP contribution >= 0.6 is 11.8 Å². The van der Waals surface area contributed by atoms with E-state index in [-0.39, 0.29) is 28.9 Å². The molecular weight excluding hydrogens is 372 g/mol. The largest absolute Gasteiger partial charge is 0.462 e. The molecule has 0 radical (unpaired) electrons. The van der Waals surface area contributed by atoms with Crippen LogP contribution in [-0.4, -0.2) is 46.8 Å². The van der Waals surface area contributed by atoms with Crippen LogP contribution in [0.15, 0.2) is 41.7 Å². The van der Waals surface area contributed by atoms with Gasteiger partial charge in [0.25, 0.3) is 5.91 Å². The lowest BCUT2D eigenvalue weighted by Gasteiger charge is -2.07. The molecule has 0 aliphatic carbocycles. The Hall–Kier alpha value is -3.14. The molecule has 1 aromatic heterocycles. The highest BCUT2D eigenvalue weighted by molar-refractivity contribution is 7.99. The Bertz CT molecular complexity index is 816. The summed E-state index contributed by atoms with van der Waals surface area (Å²) < 4.78 is 9.72. The fourth-order valence-electron chi connectivity index (χ4n) is 1.84. The van der Waals surface area contributed by atoms with Crippen LogP contribution in [0.25, 0.3) is 0 Å². The molecule has 2 rings (SSSR count). The van der Waals surface area contributed by atoms with Crippen LogP contribution in [0.5, 0.6) is 0 Å². The Morgan fingerprint density at radius 1 is 1.19 bits per heavy atom. The van der Waals surface area contributed by atoms with Crippen molar-refractivity contribution in [2.45, 2.75) is 12.1 Å². The van der Waals surface area contributed by atoms with Crippen LogP contribution in [0.1, 0.15) is 17.3 Å². The number of ether oxygens (including phenoxy) is 2. The van der Waals surface area contributed by atoms with Gasteiger partial charge >= 0.3 is 11.9 Å². The molecule has 142 valence electrons. The van der Waals surface area contributed by atoms with Crippen molar-refractivity contribution in [3.05, 3.63) is 42.1 Å². The lowest BCUT2D eigenvalue weighted by atomic mass is 10.3. The molecule has 0 aliphatic rings. The van der Waals surface area contributed by atoms with E-state index in [4.69, 9.17) is 15.2 Å². The number of hydrogen-bond acceptors (Lipinski definition) is 9. The summed E-state index contributed by atoms with van der Waals surface area (Å²) in [6.07, 6.45) is 1.24. The fraction of sp³-hybridized carbons (Fsp3) is 0.235. The van der Waals surface area contributed by atoms with E-state index in [2.05, 4.69) is 15.3 Å². The summed E-state index contributed by atoms with van der Waals surface area (Å²) in [4.78, 5) is 43.0. The highest BCUT2D eigenvalue weighted by Gasteiger charge is 2.15. The maximum Gasteiger partial charge on any atom is 0.343 e. The van der Waals surface area contributed by atoms with Crippen LogP contribution in [0.3, 0.4) is 0 Å². The number of aromatic nitrogens is 2. The summed E-state index contributed by atoms with van der Waals surface area (Å²) in [6, 6.07) is 8.81. The number of carbonyl (C=O) groups is 3. The van der Waals surface area contributed by atoms with Gasteiger partial charge in [0.05, 0.1) is 12.4 Å². The Kier molecular flexibility index (Phi) is 7.56. The Morgan fingerprint density at radius 3 is 2.59 bits per heavy atom. The van der Waals surface area contributed by atoms with E-state index in [1.54, 1.807) is 31.2 Å². The normalized spacial score (nSPS) is 10.1. The fourth-order valence-corrected chi connectivity index (χ4v) is 2.46. The quantitative estimate of drug-likeness (QED) is 0.391. The first-order chi connectivity index (χ1) is 13.0. The molecule has 0 fully saturated rings. The zero-order valence-electron chi connectivity index (χ0n) is 14.5. The number of para-hydroxylation sites is 1. The summed E-state index contributed by atoms with van der Waals surface area (Å²) in [6.45, 7) is 1.47. The Balaban J connectivity index is 1.77. The van der Waals surface area contributed by atoms with Crippen molar-refractivity contribution in [1.29, 1.82) is 0 Å². The molecule has 10 heteroatoms. The second kappa shape index (κ2) is 10.1. The smallest absolute Gasteiger partial charge is 0.343 e. The SMILES string of the molecule is CCOC(=O)c1cnc(SCC(=O)OCC(=O)Nc2ccccc2)nc1N. The first kappa shape index (κ1) is 20.2. The van der Waals surface area contributed by atoms with Crippen LogP contribution in [0.2, 0.25) is 0 Å². The predicted molar refractivity (Wildman–Crippen MR) is 99.2 cm³/mol. The maximum atomic E-state index is 11.7. The minimum atomic E-state index is -0.615. The molecule has 9 nitrogen and oxygen atoms in total. The number of nitrogens with one attached hydrogen (secondary N) is 1. The molecule has 1 heterocycles. The summed E-state index contributed by atoms with van der Waals surface area (Å²) in [5.41, 5.74) is 6.36. The molecule has 0 saturated carbocycles. The third-order valence-electron chi connectivity index (χ3n) is 3.03. The first-order valence-corrected chi connectivity index (χ1v) is 8.91. The zero-order valence-corrected chi connectivity index (χ0v) is 15.3. The first-order valence-electron chi connectivity index (χ1n) is 7.92. The number of thioether (sulfide) groups is 1.